The lowest BCUT2D eigenvalue weighted by Gasteiger charge is -2.17. The molecule has 1 N–H and O–H groups in total. The molecule has 1 aromatic heterocycles. The molecule has 1 heterocycles. The van der Waals surface area contributed by atoms with Gasteiger partial charge in [0.2, 0.25) is 0 Å². The van der Waals surface area contributed by atoms with Crippen LogP contribution in [0.3, 0.4) is 0 Å². The summed E-state index contributed by atoms with van der Waals surface area (Å²) in [6.07, 6.45) is 8.19. The van der Waals surface area contributed by atoms with Gasteiger partial charge in [-0.15, -0.1) is 17.8 Å². The summed E-state index contributed by atoms with van der Waals surface area (Å²) in [7, 11) is 0. The van der Waals surface area contributed by atoms with Gasteiger partial charge in [0.1, 0.15) is 5.01 Å². The number of hydrogen-bond acceptors (Lipinski definition) is 4. The molecule has 0 aliphatic heterocycles. The fourth-order valence-corrected chi connectivity index (χ4v) is 2.93. The van der Waals surface area contributed by atoms with Crippen LogP contribution in [0.4, 0.5) is 0 Å². The third-order valence-corrected chi connectivity index (χ3v) is 4.24. The second kappa shape index (κ2) is 7.78. The van der Waals surface area contributed by atoms with Gasteiger partial charge in [-0.05, 0) is 31.2 Å². The molecule has 0 saturated heterocycles. The molecule has 110 valence electrons. The van der Waals surface area contributed by atoms with Gasteiger partial charge in [0.25, 0.3) is 0 Å². The second-order valence-corrected chi connectivity index (χ2v) is 7.02. The SMILES string of the molecule is C#CCN(Cc1csc(CNCC(C)C)n1)CC1CC1. The third kappa shape index (κ3) is 5.62. The van der Waals surface area contributed by atoms with Gasteiger partial charge in [-0.25, -0.2) is 4.98 Å². The van der Waals surface area contributed by atoms with Gasteiger partial charge < -0.3 is 5.32 Å². The Hall–Kier alpha value is -0.890. The van der Waals surface area contributed by atoms with Gasteiger partial charge in [0.15, 0.2) is 0 Å². The summed E-state index contributed by atoms with van der Waals surface area (Å²) in [5.74, 6) is 4.31. The first-order chi connectivity index (χ1) is 9.67. The van der Waals surface area contributed by atoms with E-state index in [-0.39, 0.29) is 0 Å². The Morgan fingerprint density at radius 2 is 2.35 bits per heavy atom. The summed E-state index contributed by atoms with van der Waals surface area (Å²) in [6, 6.07) is 0. The summed E-state index contributed by atoms with van der Waals surface area (Å²) in [6.45, 7) is 9.10. The lowest BCUT2D eigenvalue weighted by atomic mass is 10.2. The predicted octanol–water partition coefficient (Wildman–Crippen LogP) is 2.73. The predicted molar refractivity (Wildman–Crippen MR) is 85.5 cm³/mol. The number of rotatable bonds is 9. The fraction of sp³-hybridized carbons (Fsp3) is 0.688. The molecular weight excluding hydrogens is 266 g/mol. The van der Waals surface area contributed by atoms with E-state index in [1.807, 2.05) is 0 Å². The number of thiazole rings is 1. The van der Waals surface area contributed by atoms with Gasteiger partial charge in [0, 0.05) is 25.0 Å². The molecule has 1 fully saturated rings. The second-order valence-electron chi connectivity index (χ2n) is 6.07. The highest BCUT2D eigenvalue weighted by Crippen LogP contribution is 2.30. The number of nitrogens with one attached hydrogen (secondary N) is 1. The van der Waals surface area contributed by atoms with Crippen molar-refractivity contribution in [3.63, 3.8) is 0 Å². The zero-order valence-corrected chi connectivity index (χ0v) is 13.4. The molecule has 0 radical (unpaired) electrons. The van der Waals surface area contributed by atoms with Crippen LogP contribution in [0.1, 0.15) is 37.4 Å². The maximum absolute atomic E-state index is 5.46. The minimum atomic E-state index is 0.680. The molecule has 4 heteroatoms. The van der Waals surface area contributed by atoms with Crippen molar-refractivity contribution in [2.24, 2.45) is 11.8 Å². The molecule has 0 unspecified atom stereocenters. The highest BCUT2D eigenvalue weighted by Gasteiger charge is 2.24. The average Bonchev–Trinajstić information content (AvgIpc) is 3.09. The van der Waals surface area contributed by atoms with Crippen molar-refractivity contribution in [1.29, 1.82) is 0 Å². The first kappa shape index (κ1) is 15.5. The fourth-order valence-electron chi connectivity index (χ4n) is 2.18. The van der Waals surface area contributed by atoms with Crippen molar-refractivity contribution in [2.75, 3.05) is 19.6 Å². The molecule has 1 aliphatic rings. The van der Waals surface area contributed by atoms with E-state index in [1.165, 1.54) is 17.8 Å². The van der Waals surface area contributed by atoms with E-state index >= 15 is 0 Å². The van der Waals surface area contributed by atoms with Gasteiger partial charge in [-0.2, -0.15) is 0 Å². The summed E-state index contributed by atoms with van der Waals surface area (Å²) in [4.78, 5) is 7.05. The minimum Gasteiger partial charge on any atom is -0.310 e. The molecule has 0 amide bonds. The summed E-state index contributed by atoms with van der Waals surface area (Å²) < 4.78 is 0. The zero-order chi connectivity index (χ0) is 14.4. The average molecular weight is 291 g/mol. The van der Waals surface area contributed by atoms with Crippen molar-refractivity contribution in [1.82, 2.24) is 15.2 Å². The van der Waals surface area contributed by atoms with E-state index in [1.54, 1.807) is 11.3 Å². The van der Waals surface area contributed by atoms with Crippen molar-refractivity contribution >= 4 is 11.3 Å². The highest BCUT2D eigenvalue weighted by atomic mass is 32.1. The lowest BCUT2D eigenvalue weighted by Crippen LogP contribution is -2.26. The number of hydrogen-bond donors (Lipinski definition) is 1. The Bertz CT molecular complexity index is 443. The molecule has 0 atom stereocenters. The Kier molecular flexibility index (Phi) is 6.03. The molecule has 2 rings (SSSR count). The molecule has 0 bridgehead atoms. The molecule has 1 saturated carbocycles. The van der Waals surface area contributed by atoms with Crippen molar-refractivity contribution in [3.05, 3.63) is 16.1 Å². The van der Waals surface area contributed by atoms with E-state index in [0.717, 1.165) is 44.3 Å². The number of nitrogens with zero attached hydrogens (tertiary/aromatic N) is 2. The van der Waals surface area contributed by atoms with Gasteiger partial charge >= 0.3 is 0 Å². The Morgan fingerprint density at radius 3 is 3.00 bits per heavy atom. The molecule has 3 nitrogen and oxygen atoms in total. The first-order valence-electron chi connectivity index (χ1n) is 7.47. The molecule has 0 spiro atoms. The molecular formula is C16H25N3S. The van der Waals surface area contributed by atoms with Crippen LogP contribution < -0.4 is 5.32 Å². The van der Waals surface area contributed by atoms with E-state index in [0.29, 0.717) is 5.92 Å². The first-order valence-corrected chi connectivity index (χ1v) is 8.35. The maximum atomic E-state index is 5.46. The van der Waals surface area contributed by atoms with Crippen LogP contribution in [0.5, 0.6) is 0 Å². The van der Waals surface area contributed by atoms with Gasteiger partial charge in [-0.3, -0.25) is 4.90 Å². The molecule has 1 aliphatic carbocycles. The Morgan fingerprint density at radius 1 is 1.55 bits per heavy atom. The maximum Gasteiger partial charge on any atom is 0.107 e. The van der Waals surface area contributed by atoms with E-state index in [4.69, 9.17) is 11.4 Å². The Labute approximate surface area is 126 Å². The van der Waals surface area contributed by atoms with Crippen LogP contribution in [0, 0.1) is 24.2 Å². The summed E-state index contributed by atoms with van der Waals surface area (Å²) >= 11 is 1.74. The van der Waals surface area contributed by atoms with Gasteiger partial charge in [-0.1, -0.05) is 19.8 Å². The lowest BCUT2D eigenvalue weighted by molar-refractivity contribution is 0.283. The summed E-state index contributed by atoms with van der Waals surface area (Å²) in [5.41, 5.74) is 1.16. The van der Waals surface area contributed by atoms with Crippen LogP contribution in [-0.2, 0) is 13.1 Å². The Balaban J connectivity index is 1.79. The molecule has 20 heavy (non-hydrogen) atoms. The van der Waals surface area contributed by atoms with E-state index in [9.17, 15) is 0 Å². The van der Waals surface area contributed by atoms with E-state index in [2.05, 4.69) is 35.4 Å². The largest absolute Gasteiger partial charge is 0.310 e. The van der Waals surface area contributed by atoms with Crippen LogP contribution in [0.15, 0.2) is 5.38 Å². The summed E-state index contributed by atoms with van der Waals surface area (Å²) in [5, 5.41) is 6.78. The topological polar surface area (TPSA) is 28.2 Å². The quantitative estimate of drug-likeness (QED) is 0.709. The zero-order valence-electron chi connectivity index (χ0n) is 12.6. The van der Waals surface area contributed by atoms with Crippen molar-refractivity contribution in [2.45, 2.75) is 39.8 Å². The monoisotopic (exact) mass is 291 g/mol. The smallest absolute Gasteiger partial charge is 0.107 e. The number of terminal acetylenes is 1. The number of aromatic nitrogens is 1. The normalized spacial score (nSPS) is 14.9. The van der Waals surface area contributed by atoms with E-state index < -0.39 is 0 Å². The minimum absolute atomic E-state index is 0.680. The standard InChI is InChI=1S/C16H25N3S/c1-4-7-19(10-14-5-6-14)11-15-12-20-16(18-15)9-17-8-13(2)3/h1,12-14,17H,5-11H2,2-3H3. The van der Waals surface area contributed by atoms with Crippen molar-refractivity contribution in [3.8, 4) is 12.3 Å². The van der Waals surface area contributed by atoms with Gasteiger partial charge in [0.05, 0.1) is 12.2 Å². The van der Waals surface area contributed by atoms with Crippen molar-refractivity contribution < 1.29 is 0 Å². The van der Waals surface area contributed by atoms with Crippen LogP contribution >= 0.6 is 11.3 Å². The van der Waals surface area contributed by atoms with Crippen LogP contribution in [0.25, 0.3) is 0 Å². The highest BCUT2D eigenvalue weighted by molar-refractivity contribution is 7.09. The molecule has 1 aromatic rings. The molecule has 0 aromatic carbocycles. The third-order valence-electron chi connectivity index (χ3n) is 3.34. The van der Waals surface area contributed by atoms with Crippen LogP contribution in [-0.4, -0.2) is 29.5 Å². The van der Waals surface area contributed by atoms with Crippen LogP contribution in [0.2, 0.25) is 0 Å².